The summed E-state index contributed by atoms with van der Waals surface area (Å²) in [5.74, 6) is 1.69. The first kappa shape index (κ1) is 11.0. The highest BCUT2D eigenvalue weighted by molar-refractivity contribution is 5.89. The van der Waals surface area contributed by atoms with E-state index in [1.807, 2.05) is 6.07 Å². The van der Waals surface area contributed by atoms with Gasteiger partial charge in [-0.25, -0.2) is 0 Å². The molecule has 90 valence electrons. The van der Waals surface area contributed by atoms with Crippen LogP contribution in [0.25, 0.3) is 0 Å². The molecule has 0 aliphatic heterocycles. The summed E-state index contributed by atoms with van der Waals surface area (Å²) < 4.78 is 0. The average molecular weight is 228 g/mol. The standard InChI is InChI=1S/C16H20O/c1-16(11-12-6-3-2-4-7-12)9-5-8-13-10-14(13)15(16)17/h2-4,6-7,13-14H,5,8-11H2,1H3/t13-,14+,16-/m1/s1. The maximum Gasteiger partial charge on any atom is 0.142 e. The lowest BCUT2D eigenvalue weighted by molar-refractivity contribution is -0.129. The molecule has 2 saturated carbocycles. The zero-order valence-electron chi connectivity index (χ0n) is 10.5. The second-order valence-electron chi connectivity index (χ2n) is 6.08. The molecule has 2 aliphatic rings. The molecule has 1 aromatic carbocycles. The number of ketones is 1. The van der Waals surface area contributed by atoms with Crippen LogP contribution in [0, 0.1) is 17.3 Å². The molecular weight excluding hydrogens is 208 g/mol. The van der Waals surface area contributed by atoms with Crippen LogP contribution in [0.3, 0.4) is 0 Å². The predicted octanol–water partition coefficient (Wildman–Crippen LogP) is 3.62. The highest BCUT2D eigenvalue weighted by Crippen LogP contribution is 2.51. The molecule has 0 spiro atoms. The molecule has 0 saturated heterocycles. The monoisotopic (exact) mass is 228 g/mol. The number of carbonyl (C=O) groups is 1. The highest BCUT2D eigenvalue weighted by Gasteiger charge is 2.51. The minimum Gasteiger partial charge on any atom is -0.299 e. The van der Waals surface area contributed by atoms with E-state index in [2.05, 4.69) is 31.2 Å². The third-order valence-electron chi connectivity index (χ3n) is 4.59. The quantitative estimate of drug-likeness (QED) is 0.755. The Balaban J connectivity index is 1.81. The van der Waals surface area contributed by atoms with Crippen molar-refractivity contribution in [1.29, 1.82) is 0 Å². The van der Waals surface area contributed by atoms with E-state index in [9.17, 15) is 4.79 Å². The van der Waals surface area contributed by atoms with Gasteiger partial charge in [0, 0.05) is 11.3 Å². The van der Waals surface area contributed by atoms with Gasteiger partial charge in [-0.15, -0.1) is 0 Å². The smallest absolute Gasteiger partial charge is 0.142 e. The van der Waals surface area contributed by atoms with Crippen molar-refractivity contribution in [2.45, 2.75) is 39.0 Å². The van der Waals surface area contributed by atoms with Crippen molar-refractivity contribution in [3.8, 4) is 0 Å². The maximum absolute atomic E-state index is 12.5. The van der Waals surface area contributed by atoms with Crippen LogP contribution < -0.4 is 0 Å². The van der Waals surface area contributed by atoms with Crippen LogP contribution in [0.15, 0.2) is 30.3 Å². The van der Waals surface area contributed by atoms with Crippen LogP contribution in [0.5, 0.6) is 0 Å². The van der Waals surface area contributed by atoms with Crippen LogP contribution in [-0.2, 0) is 11.2 Å². The molecule has 0 radical (unpaired) electrons. The van der Waals surface area contributed by atoms with Gasteiger partial charge in [-0.2, -0.15) is 0 Å². The van der Waals surface area contributed by atoms with Gasteiger partial charge in [0.05, 0.1) is 0 Å². The van der Waals surface area contributed by atoms with Gasteiger partial charge in [0.25, 0.3) is 0 Å². The topological polar surface area (TPSA) is 17.1 Å². The van der Waals surface area contributed by atoms with E-state index in [0.717, 1.165) is 18.8 Å². The van der Waals surface area contributed by atoms with Crippen LogP contribution >= 0.6 is 0 Å². The highest BCUT2D eigenvalue weighted by atomic mass is 16.1. The lowest BCUT2D eigenvalue weighted by Crippen LogP contribution is -2.31. The summed E-state index contributed by atoms with van der Waals surface area (Å²) in [7, 11) is 0. The van der Waals surface area contributed by atoms with Gasteiger partial charge in [0.1, 0.15) is 5.78 Å². The van der Waals surface area contributed by atoms with E-state index in [1.54, 1.807) is 0 Å². The Morgan fingerprint density at radius 2 is 2.06 bits per heavy atom. The summed E-state index contributed by atoms with van der Waals surface area (Å²) in [6.07, 6.45) is 5.68. The van der Waals surface area contributed by atoms with Crippen molar-refractivity contribution >= 4 is 5.78 Å². The Morgan fingerprint density at radius 1 is 1.29 bits per heavy atom. The molecule has 17 heavy (non-hydrogen) atoms. The normalized spacial score (nSPS) is 36.2. The molecule has 0 N–H and O–H groups in total. The summed E-state index contributed by atoms with van der Waals surface area (Å²) in [6.45, 7) is 2.18. The predicted molar refractivity (Wildman–Crippen MR) is 68.7 cm³/mol. The molecular formula is C16H20O. The molecule has 1 nitrogen and oxygen atoms in total. The molecule has 0 bridgehead atoms. The summed E-state index contributed by atoms with van der Waals surface area (Å²) in [5.41, 5.74) is 1.21. The number of hydrogen-bond donors (Lipinski definition) is 0. The Hall–Kier alpha value is -1.11. The van der Waals surface area contributed by atoms with Gasteiger partial charge in [-0.05, 0) is 37.2 Å². The second kappa shape index (κ2) is 3.97. The first-order valence-electron chi connectivity index (χ1n) is 6.77. The number of Topliss-reactive ketones (excluding diaryl/α,β-unsaturated/α-hetero) is 1. The molecule has 2 fully saturated rings. The molecule has 1 aromatic rings. The van der Waals surface area contributed by atoms with E-state index >= 15 is 0 Å². The van der Waals surface area contributed by atoms with E-state index in [-0.39, 0.29) is 5.41 Å². The van der Waals surface area contributed by atoms with Gasteiger partial charge >= 0.3 is 0 Å². The van der Waals surface area contributed by atoms with Crippen LogP contribution in [0.4, 0.5) is 0 Å². The fourth-order valence-corrected chi connectivity index (χ4v) is 3.43. The van der Waals surface area contributed by atoms with Crippen LogP contribution in [0.2, 0.25) is 0 Å². The lowest BCUT2D eigenvalue weighted by atomic mass is 9.75. The van der Waals surface area contributed by atoms with Crippen LogP contribution in [0.1, 0.15) is 38.2 Å². The molecule has 0 unspecified atom stereocenters. The average Bonchev–Trinajstić information content (AvgIpc) is 3.08. The number of benzene rings is 1. The fraction of sp³-hybridized carbons (Fsp3) is 0.562. The van der Waals surface area contributed by atoms with E-state index < -0.39 is 0 Å². The second-order valence-corrected chi connectivity index (χ2v) is 6.08. The Kier molecular flexibility index (Phi) is 2.57. The van der Waals surface area contributed by atoms with E-state index in [4.69, 9.17) is 0 Å². The van der Waals surface area contributed by atoms with Crippen molar-refractivity contribution in [3.63, 3.8) is 0 Å². The molecule has 3 atom stereocenters. The van der Waals surface area contributed by atoms with E-state index in [0.29, 0.717) is 11.7 Å². The van der Waals surface area contributed by atoms with E-state index in [1.165, 1.54) is 24.8 Å². The first-order valence-corrected chi connectivity index (χ1v) is 6.77. The largest absolute Gasteiger partial charge is 0.299 e. The van der Waals surface area contributed by atoms with Gasteiger partial charge < -0.3 is 0 Å². The summed E-state index contributed by atoms with van der Waals surface area (Å²) in [6, 6.07) is 10.5. The Bertz CT molecular complexity index is 422. The fourth-order valence-electron chi connectivity index (χ4n) is 3.43. The van der Waals surface area contributed by atoms with Crippen molar-refractivity contribution in [3.05, 3.63) is 35.9 Å². The van der Waals surface area contributed by atoms with Crippen molar-refractivity contribution in [2.75, 3.05) is 0 Å². The number of hydrogen-bond acceptors (Lipinski definition) is 1. The number of carbonyl (C=O) groups excluding carboxylic acids is 1. The maximum atomic E-state index is 12.5. The molecule has 3 rings (SSSR count). The molecule has 0 amide bonds. The van der Waals surface area contributed by atoms with Crippen LogP contribution in [-0.4, -0.2) is 5.78 Å². The third kappa shape index (κ3) is 2.03. The van der Waals surface area contributed by atoms with Crippen molar-refractivity contribution in [1.82, 2.24) is 0 Å². The summed E-state index contributed by atoms with van der Waals surface area (Å²) in [4.78, 5) is 12.5. The Labute approximate surface area is 103 Å². The summed E-state index contributed by atoms with van der Waals surface area (Å²) >= 11 is 0. The minimum absolute atomic E-state index is 0.0999. The Morgan fingerprint density at radius 3 is 2.82 bits per heavy atom. The van der Waals surface area contributed by atoms with Gasteiger partial charge in [-0.3, -0.25) is 4.79 Å². The van der Waals surface area contributed by atoms with Gasteiger partial charge in [0.15, 0.2) is 0 Å². The number of rotatable bonds is 2. The summed E-state index contributed by atoms with van der Waals surface area (Å²) in [5, 5.41) is 0. The van der Waals surface area contributed by atoms with Crippen molar-refractivity contribution in [2.24, 2.45) is 17.3 Å². The third-order valence-corrected chi connectivity index (χ3v) is 4.59. The first-order chi connectivity index (χ1) is 8.19. The molecule has 0 aromatic heterocycles. The molecule has 0 heterocycles. The minimum atomic E-state index is -0.0999. The number of fused-ring (bicyclic) bond motifs is 1. The lowest BCUT2D eigenvalue weighted by Gasteiger charge is -2.27. The van der Waals surface area contributed by atoms with Crippen molar-refractivity contribution < 1.29 is 4.79 Å². The van der Waals surface area contributed by atoms with Gasteiger partial charge in [-0.1, -0.05) is 43.7 Å². The zero-order valence-corrected chi connectivity index (χ0v) is 10.5. The zero-order chi connectivity index (χ0) is 11.9. The molecule has 2 aliphatic carbocycles. The SMILES string of the molecule is C[C@]1(Cc2ccccc2)CCC[C@@H]2C[C@@H]2C1=O. The van der Waals surface area contributed by atoms with Gasteiger partial charge in [0.2, 0.25) is 0 Å². The molecule has 1 heteroatoms.